The van der Waals surface area contributed by atoms with Gasteiger partial charge in [-0.3, -0.25) is 0 Å². The lowest BCUT2D eigenvalue weighted by Crippen LogP contribution is -2.10. The highest BCUT2D eigenvalue weighted by Gasteiger charge is 2.23. The van der Waals surface area contributed by atoms with E-state index in [2.05, 4.69) is 252 Å². The van der Waals surface area contributed by atoms with Crippen LogP contribution < -0.4 is 4.90 Å². The van der Waals surface area contributed by atoms with Crippen molar-refractivity contribution in [3.63, 3.8) is 0 Å². The van der Waals surface area contributed by atoms with E-state index < -0.39 is 0 Å². The van der Waals surface area contributed by atoms with E-state index in [1.54, 1.807) is 0 Å². The van der Waals surface area contributed by atoms with E-state index in [1.807, 2.05) is 0 Å². The molecule has 65 heavy (non-hydrogen) atoms. The highest BCUT2D eigenvalue weighted by Crippen LogP contribution is 2.47. The van der Waals surface area contributed by atoms with E-state index in [9.17, 15) is 0 Å². The molecule has 2 heterocycles. The first-order valence-corrected chi connectivity index (χ1v) is 22.3. The third-order valence-electron chi connectivity index (χ3n) is 13.2. The quantitative estimate of drug-likeness (QED) is 0.160. The second-order valence-corrected chi connectivity index (χ2v) is 16.8. The van der Waals surface area contributed by atoms with Gasteiger partial charge in [0.2, 0.25) is 0 Å². The SMILES string of the molecule is c1ccc(-c2ccc(N(c3ccc(-c4cccc5ccccc45)cc3)c3ccc(-c4cccc5c4c4ccccc4n5-c4cccc5ccccc45)cc3)c3c2oc2ccccc23)cc1. The standard InChI is InChI=1S/C62H40N2O/c1-2-15-43(16-3-1)52-39-40-58(61-54-24-9-11-30-59(54)65-62(52)61)63(46-35-31-44(32-36-46)49-25-12-19-41-17-4-6-21-48(41)49)47-37-33-45(34-38-47)51-26-14-29-57-60(51)53-23-8-10-27-56(53)64(57)55-28-13-20-42-18-5-7-22-50(42)55/h1-40H. The molecule has 3 nitrogen and oxygen atoms in total. The first-order chi connectivity index (χ1) is 32.3. The van der Waals surface area contributed by atoms with Crippen LogP contribution in [0.4, 0.5) is 17.1 Å². The molecule has 0 aliphatic carbocycles. The molecule has 0 aliphatic heterocycles. The second-order valence-electron chi connectivity index (χ2n) is 16.8. The molecule has 0 amide bonds. The number of benzene rings is 11. The van der Waals surface area contributed by atoms with E-state index in [-0.39, 0.29) is 0 Å². The maximum atomic E-state index is 6.80. The Balaban J connectivity index is 0.997. The van der Waals surface area contributed by atoms with Gasteiger partial charge in [-0.1, -0.05) is 182 Å². The zero-order valence-corrected chi connectivity index (χ0v) is 35.4. The largest absolute Gasteiger partial charge is 0.455 e. The minimum absolute atomic E-state index is 0.865. The van der Waals surface area contributed by atoms with Gasteiger partial charge in [-0.15, -0.1) is 0 Å². The van der Waals surface area contributed by atoms with Crippen molar-refractivity contribution in [2.75, 3.05) is 4.90 Å². The molecule has 0 saturated heterocycles. The van der Waals surface area contributed by atoms with Gasteiger partial charge in [0.1, 0.15) is 11.2 Å². The first-order valence-electron chi connectivity index (χ1n) is 22.3. The van der Waals surface area contributed by atoms with Crippen molar-refractivity contribution in [2.24, 2.45) is 0 Å². The summed E-state index contributed by atoms with van der Waals surface area (Å²) in [6, 6.07) is 87.6. The van der Waals surface area contributed by atoms with Crippen LogP contribution in [-0.4, -0.2) is 4.57 Å². The highest BCUT2D eigenvalue weighted by atomic mass is 16.3. The van der Waals surface area contributed by atoms with E-state index >= 15 is 0 Å². The van der Waals surface area contributed by atoms with Gasteiger partial charge in [-0.2, -0.15) is 0 Å². The smallest absolute Gasteiger partial charge is 0.145 e. The Bertz CT molecular complexity index is 3920. The van der Waals surface area contributed by atoms with Gasteiger partial charge in [0.05, 0.1) is 27.8 Å². The number of anilines is 3. The maximum Gasteiger partial charge on any atom is 0.145 e. The minimum Gasteiger partial charge on any atom is -0.455 e. The average molecular weight is 829 g/mol. The zero-order valence-electron chi connectivity index (χ0n) is 35.4. The molecule has 0 radical (unpaired) electrons. The number of hydrogen-bond acceptors (Lipinski definition) is 2. The van der Waals surface area contributed by atoms with Crippen LogP contribution in [0.25, 0.3) is 104 Å². The molecule has 304 valence electrons. The van der Waals surface area contributed by atoms with Crippen LogP contribution in [0.1, 0.15) is 0 Å². The predicted octanol–water partition coefficient (Wildman–Crippen LogP) is 17.5. The summed E-state index contributed by atoms with van der Waals surface area (Å²) < 4.78 is 9.24. The lowest BCUT2D eigenvalue weighted by atomic mass is 9.97. The summed E-state index contributed by atoms with van der Waals surface area (Å²) in [6.45, 7) is 0. The van der Waals surface area contributed by atoms with Crippen molar-refractivity contribution in [2.45, 2.75) is 0 Å². The lowest BCUT2D eigenvalue weighted by Gasteiger charge is -2.27. The van der Waals surface area contributed by atoms with E-state index in [4.69, 9.17) is 4.42 Å². The maximum absolute atomic E-state index is 6.80. The molecule has 3 heteroatoms. The van der Waals surface area contributed by atoms with Crippen molar-refractivity contribution >= 4 is 82.4 Å². The molecule has 0 N–H and O–H groups in total. The number of nitrogens with zero attached hydrogens (tertiary/aromatic N) is 2. The van der Waals surface area contributed by atoms with Crippen LogP contribution in [0.3, 0.4) is 0 Å². The molecule has 0 saturated carbocycles. The summed E-state index contributed by atoms with van der Waals surface area (Å²) in [5, 5.41) is 9.57. The second kappa shape index (κ2) is 15.0. The Morgan fingerprint density at radius 1 is 0.323 bits per heavy atom. The van der Waals surface area contributed by atoms with Gasteiger partial charge in [-0.25, -0.2) is 0 Å². The van der Waals surface area contributed by atoms with Gasteiger partial charge in [-0.05, 0) is 105 Å². The molecule has 13 rings (SSSR count). The Morgan fingerprint density at radius 3 is 1.63 bits per heavy atom. The predicted molar refractivity (Wildman–Crippen MR) is 274 cm³/mol. The minimum atomic E-state index is 0.865. The Labute approximate surface area is 376 Å². The Kier molecular flexibility index (Phi) is 8.53. The van der Waals surface area contributed by atoms with Gasteiger partial charge >= 0.3 is 0 Å². The Hall–Kier alpha value is -8.66. The lowest BCUT2D eigenvalue weighted by molar-refractivity contribution is 0.670. The van der Waals surface area contributed by atoms with Gasteiger partial charge in [0, 0.05) is 38.5 Å². The highest BCUT2D eigenvalue weighted by molar-refractivity contribution is 6.18. The summed E-state index contributed by atoms with van der Waals surface area (Å²) in [5.74, 6) is 0. The number of furan rings is 1. The summed E-state index contributed by atoms with van der Waals surface area (Å²) in [4.78, 5) is 2.39. The summed E-state index contributed by atoms with van der Waals surface area (Å²) in [5.41, 5.74) is 15.4. The average Bonchev–Trinajstić information content (AvgIpc) is 3.94. The van der Waals surface area contributed by atoms with Crippen molar-refractivity contribution in [1.29, 1.82) is 0 Å². The molecule has 0 atom stereocenters. The summed E-state index contributed by atoms with van der Waals surface area (Å²) in [7, 11) is 0. The van der Waals surface area contributed by atoms with Gasteiger partial charge < -0.3 is 13.9 Å². The van der Waals surface area contributed by atoms with Crippen LogP contribution in [0.15, 0.2) is 247 Å². The number of hydrogen-bond donors (Lipinski definition) is 0. The number of rotatable bonds is 7. The van der Waals surface area contributed by atoms with Crippen molar-refractivity contribution in [1.82, 2.24) is 4.57 Å². The molecule has 11 aromatic carbocycles. The van der Waals surface area contributed by atoms with Crippen LogP contribution in [0.2, 0.25) is 0 Å². The fourth-order valence-electron chi connectivity index (χ4n) is 10.2. The van der Waals surface area contributed by atoms with Crippen LogP contribution in [0.5, 0.6) is 0 Å². The Morgan fingerprint density at radius 2 is 0.862 bits per heavy atom. The molecule has 0 fully saturated rings. The fraction of sp³-hybridized carbons (Fsp3) is 0. The molecule has 0 aliphatic rings. The van der Waals surface area contributed by atoms with E-state index in [0.29, 0.717) is 0 Å². The monoisotopic (exact) mass is 828 g/mol. The van der Waals surface area contributed by atoms with E-state index in [1.165, 1.54) is 65.7 Å². The molecular weight excluding hydrogens is 789 g/mol. The number of aromatic nitrogens is 1. The molecule has 0 bridgehead atoms. The first kappa shape index (κ1) is 36.9. The fourth-order valence-corrected chi connectivity index (χ4v) is 10.2. The van der Waals surface area contributed by atoms with Crippen LogP contribution >= 0.6 is 0 Å². The number of fused-ring (bicyclic) bond motifs is 8. The van der Waals surface area contributed by atoms with Crippen molar-refractivity contribution in [3.05, 3.63) is 243 Å². The zero-order chi connectivity index (χ0) is 42.8. The van der Waals surface area contributed by atoms with Crippen molar-refractivity contribution in [3.8, 4) is 39.1 Å². The van der Waals surface area contributed by atoms with Crippen molar-refractivity contribution < 1.29 is 4.42 Å². The van der Waals surface area contributed by atoms with Crippen LogP contribution in [-0.2, 0) is 0 Å². The molecule has 0 unspecified atom stereocenters. The van der Waals surface area contributed by atoms with Gasteiger partial charge in [0.25, 0.3) is 0 Å². The third kappa shape index (κ3) is 5.97. The molecule has 0 spiro atoms. The van der Waals surface area contributed by atoms with E-state index in [0.717, 1.165) is 55.7 Å². The summed E-state index contributed by atoms with van der Waals surface area (Å²) >= 11 is 0. The summed E-state index contributed by atoms with van der Waals surface area (Å²) in [6.07, 6.45) is 0. The topological polar surface area (TPSA) is 21.3 Å². The van der Waals surface area contributed by atoms with Gasteiger partial charge in [0.15, 0.2) is 0 Å². The molecular formula is C62H40N2O. The normalized spacial score (nSPS) is 11.7. The molecule has 13 aromatic rings. The van der Waals surface area contributed by atoms with Crippen LogP contribution in [0, 0.1) is 0 Å². The molecule has 2 aromatic heterocycles. The third-order valence-corrected chi connectivity index (χ3v) is 13.2. The number of para-hydroxylation sites is 2.